The van der Waals surface area contributed by atoms with Gasteiger partial charge in [-0.25, -0.2) is 0 Å². The van der Waals surface area contributed by atoms with Gasteiger partial charge in [0.15, 0.2) is 0 Å². The van der Waals surface area contributed by atoms with E-state index in [1.165, 1.54) is 44.1 Å². The van der Waals surface area contributed by atoms with Gasteiger partial charge in [-0.05, 0) is 18.4 Å². The van der Waals surface area contributed by atoms with Crippen molar-refractivity contribution in [1.82, 2.24) is 0 Å². The van der Waals surface area contributed by atoms with Gasteiger partial charge in [-0.2, -0.15) is 0 Å². The van der Waals surface area contributed by atoms with E-state index in [9.17, 15) is 0 Å². The van der Waals surface area contributed by atoms with Crippen LogP contribution in [0.2, 0.25) is 0 Å². The van der Waals surface area contributed by atoms with Crippen molar-refractivity contribution < 1.29 is 0 Å². The molecule has 1 aliphatic rings. The maximum absolute atomic E-state index is 2.25. The van der Waals surface area contributed by atoms with Crippen molar-refractivity contribution in [2.75, 3.05) is 0 Å². The first kappa shape index (κ1) is 8.80. The van der Waals surface area contributed by atoms with Crippen molar-refractivity contribution in [3.8, 4) is 0 Å². The minimum atomic E-state index is 1.32. The summed E-state index contributed by atoms with van der Waals surface area (Å²) < 4.78 is 0. The molecular formula is C13H17. The van der Waals surface area contributed by atoms with Crippen LogP contribution in [0.1, 0.15) is 44.1 Å². The standard InChI is InChI=1S/C13H17/c1-2-5-9-12(8-4-1)13-10-6-3-7-11-13/h3,6-7,10-11H,1-2,4-5,8-9H2. The van der Waals surface area contributed by atoms with Gasteiger partial charge in [-0.1, -0.05) is 56.0 Å². The Morgan fingerprint density at radius 2 is 1.31 bits per heavy atom. The van der Waals surface area contributed by atoms with E-state index >= 15 is 0 Å². The van der Waals surface area contributed by atoms with Crippen molar-refractivity contribution >= 4 is 0 Å². The molecule has 69 valence electrons. The largest absolute Gasteiger partial charge is 0.0622 e. The van der Waals surface area contributed by atoms with Gasteiger partial charge in [-0.3, -0.25) is 0 Å². The summed E-state index contributed by atoms with van der Waals surface area (Å²) in [4.78, 5) is 0. The summed E-state index contributed by atoms with van der Waals surface area (Å²) in [5.74, 6) is 1.68. The molecule has 2 rings (SSSR count). The third-order valence-electron chi connectivity index (χ3n) is 2.89. The van der Waals surface area contributed by atoms with Crippen LogP contribution < -0.4 is 0 Å². The van der Waals surface area contributed by atoms with Gasteiger partial charge < -0.3 is 0 Å². The summed E-state index contributed by atoms with van der Waals surface area (Å²) in [6.45, 7) is 0. The molecule has 0 spiro atoms. The van der Waals surface area contributed by atoms with Gasteiger partial charge in [0, 0.05) is 5.92 Å². The molecule has 13 heavy (non-hydrogen) atoms. The van der Waals surface area contributed by atoms with Crippen molar-refractivity contribution in [2.45, 2.75) is 38.5 Å². The van der Waals surface area contributed by atoms with Gasteiger partial charge >= 0.3 is 0 Å². The molecule has 0 heterocycles. The van der Waals surface area contributed by atoms with Gasteiger partial charge in [-0.15, -0.1) is 0 Å². The molecule has 0 N–H and O–H groups in total. The Kier molecular flexibility index (Phi) is 3.02. The Labute approximate surface area is 81.0 Å². The van der Waals surface area contributed by atoms with Gasteiger partial charge in [0.2, 0.25) is 0 Å². The van der Waals surface area contributed by atoms with Crippen molar-refractivity contribution in [1.29, 1.82) is 0 Å². The first-order valence-electron chi connectivity index (χ1n) is 5.37. The first-order chi connectivity index (χ1) is 6.47. The molecule has 1 aliphatic carbocycles. The summed E-state index contributed by atoms with van der Waals surface area (Å²) >= 11 is 0. The van der Waals surface area contributed by atoms with Crippen LogP contribution in [0, 0.1) is 5.92 Å². The lowest BCUT2D eigenvalue weighted by molar-refractivity contribution is 0.702. The van der Waals surface area contributed by atoms with E-state index in [0.717, 1.165) is 0 Å². The topological polar surface area (TPSA) is 0 Å². The zero-order valence-corrected chi connectivity index (χ0v) is 8.13. The minimum absolute atomic E-state index is 1.32. The van der Waals surface area contributed by atoms with E-state index in [2.05, 4.69) is 30.3 Å². The number of hydrogen-bond acceptors (Lipinski definition) is 0. The second-order valence-electron chi connectivity index (χ2n) is 3.88. The fourth-order valence-electron chi connectivity index (χ4n) is 2.12. The average molecular weight is 173 g/mol. The van der Waals surface area contributed by atoms with E-state index in [1.807, 2.05) is 0 Å². The zero-order valence-electron chi connectivity index (χ0n) is 8.13. The second kappa shape index (κ2) is 4.45. The summed E-state index contributed by atoms with van der Waals surface area (Å²) in [7, 11) is 0. The summed E-state index contributed by atoms with van der Waals surface area (Å²) in [5, 5.41) is 0. The average Bonchev–Trinajstić information content (AvgIpc) is 2.47. The molecule has 0 unspecified atom stereocenters. The van der Waals surface area contributed by atoms with Crippen LogP contribution in [0.5, 0.6) is 0 Å². The van der Waals surface area contributed by atoms with Crippen molar-refractivity contribution in [3.05, 3.63) is 41.8 Å². The molecule has 1 radical (unpaired) electrons. The third kappa shape index (κ3) is 2.33. The van der Waals surface area contributed by atoms with Gasteiger partial charge in [0.1, 0.15) is 0 Å². The van der Waals surface area contributed by atoms with Crippen LogP contribution in [0.4, 0.5) is 0 Å². The highest BCUT2D eigenvalue weighted by atomic mass is 14.2. The lowest BCUT2D eigenvalue weighted by atomic mass is 9.92. The Hall–Kier alpha value is -0.780. The van der Waals surface area contributed by atoms with Crippen LogP contribution in [-0.4, -0.2) is 0 Å². The highest BCUT2D eigenvalue weighted by molar-refractivity contribution is 5.30. The molecule has 1 aromatic carbocycles. The van der Waals surface area contributed by atoms with Gasteiger partial charge in [0.05, 0.1) is 0 Å². The number of rotatable bonds is 1. The van der Waals surface area contributed by atoms with E-state index in [0.29, 0.717) is 0 Å². The summed E-state index contributed by atoms with van der Waals surface area (Å²) in [6, 6.07) is 10.9. The molecule has 0 saturated heterocycles. The molecule has 0 atom stereocenters. The Morgan fingerprint density at radius 3 is 1.92 bits per heavy atom. The van der Waals surface area contributed by atoms with E-state index < -0.39 is 0 Å². The van der Waals surface area contributed by atoms with Crippen LogP contribution >= 0.6 is 0 Å². The van der Waals surface area contributed by atoms with E-state index in [-0.39, 0.29) is 0 Å². The fourth-order valence-corrected chi connectivity index (χ4v) is 2.12. The Morgan fingerprint density at radius 1 is 0.692 bits per heavy atom. The molecular weight excluding hydrogens is 156 g/mol. The zero-order chi connectivity index (χ0) is 8.93. The quantitative estimate of drug-likeness (QED) is 0.564. The monoisotopic (exact) mass is 173 g/mol. The van der Waals surface area contributed by atoms with Crippen molar-refractivity contribution in [3.63, 3.8) is 0 Å². The molecule has 0 nitrogen and oxygen atoms in total. The Bertz CT molecular complexity index is 229. The van der Waals surface area contributed by atoms with E-state index in [4.69, 9.17) is 0 Å². The van der Waals surface area contributed by atoms with Crippen LogP contribution in [-0.2, 0) is 0 Å². The predicted molar refractivity (Wildman–Crippen MR) is 56.5 cm³/mol. The molecule has 1 saturated carbocycles. The number of benzene rings is 1. The van der Waals surface area contributed by atoms with Crippen LogP contribution in [0.15, 0.2) is 30.3 Å². The third-order valence-corrected chi connectivity index (χ3v) is 2.89. The maximum Gasteiger partial charge on any atom is 0.00498 e. The van der Waals surface area contributed by atoms with E-state index in [1.54, 1.807) is 5.92 Å². The minimum Gasteiger partial charge on any atom is -0.0622 e. The maximum atomic E-state index is 2.25. The molecule has 0 aliphatic heterocycles. The van der Waals surface area contributed by atoms with Crippen LogP contribution in [0.25, 0.3) is 0 Å². The molecule has 0 bridgehead atoms. The summed E-state index contributed by atoms with van der Waals surface area (Å²) in [5.41, 5.74) is 1.48. The first-order valence-corrected chi connectivity index (χ1v) is 5.37. The Balaban J connectivity index is 2.06. The smallest absolute Gasteiger partial charge is 0.00498 e. The lowest BCUT2D eigenvalue weighted by Crippen LogP contribution is -1.97. The number of hydrogen-bond donors (Lipinski definition) is 0. The lowest BCUT2D eigenvalue weighted by Gasteiger charge is -2.12. The molecule has 0 amide bonds. The molecule has 0 aromatic heterocycles. The highest BCUT2D eigenvalue weighted by Gasteiger charge is 2.13. The highest BCUT2D eigenvalue weighted by Crippen LogP contribution is 2.30. The fraction of sp³-hybridized carbons (Fsp3) is 0.462. The van der Waals surface area contributed by atoms with Gasteiger partial charge in [0.25, 0.3) is 0 Å². The summed E-state index contributed by atoms with van der Waals surface area (Å²) in [6.07, 6.45) is 8.29. The normalized spacial score (nSPS) is 19.7. The van der Waals surface area contributed by atoms with Crippen molar-refractivity contribution in [2.24, 2.45) is 0 Å². The van der Waals surface area contributed by atoms with Crippen LogP contribution in [0.3, 0.4) is 0 Å². The molecule has 1 fully saturated rings. The second-order valence-corrected chi connectivity index (χ2v) is 3.88. The molecule has 1 aromatic rings. The predicted octanol–water partition coefficient (Wildman–Crippen LogP) is 3.96. The molecule has 0 heteroatoms. The SMILES string of the molecule is c1ccc([C]2CCCCCC2)cc1.